The molecule has 4 nitrogen and oxygen atoms in total. The third-order valence-corrected chi connectivity index (χ3v) is 3.86. The molecule has 2 aromatic rings. The van der Waals surface area contributed by atoms with Crippen molar-refractivity contribution in [2.75, 3.05) is 5.32 Å². The highest BCUT2D eigenvalue weighted by molar-refractivity contribution is 5.98. The number of anilines is 2. The van der Waals surface area contributed by atoms with Crippen LogP contribution < -0.4 is 5.32 Å². The number of rotatable bonds is 3. The van der Waals surface area contributed by atoms with Gasteiger partial charge in [-0.25, -0.2) is 9.97 Å². The van der Waals surface area contributed by atoms with E-state index in [0.717, 1.165) is 24.2 Å². The topological polar surface area (TPSA) is 54.9 Å². The Morgan fingerprint density at radius 3 is 2.71 bits per heavy atom. The quantitative estimate of drug-likeness (QED) is 0.934. The van der Waals surface area contributed by atoms with E-state index in [9.17, 15) is 4.79 Å². The van der Waals surface area contributed by atoms with Crippen molar-refractivity contribution >= 4 is 17.4 Å². The summed E-state index contributed by atoms with van der Waals surface area (Å²) in [5, 5.41) is 3.20. The molecule has 0 saturated heterocycles. The molecule has 1 atom stereocenters. The normalized spacial score (nSPS) is 17.4. The molecule has 0 saturated carbocycles. The van der Waals surface area contributed by atoms with Crippen LogP contribution in [0.3, 0.4) is 0 Å². The minimum absolute atomic E-state index is 0.155. The molecule has 1 aromatic heterocycles. The van der Waals surface area contributed by atoms with Gasteiger partial charge in [0, 0.05) is 18.3 Å². The van der Waals surface area contributed by atoms with Crippen molar-refractivity contribution in [3.8, 4) is 0 Å². The van der Waals surface area contributed by atoms with Crippen LogP contribution >= 0.6 is 0 Å². The summed E-state index contributed by atoms with van der Waals surface area (Å²) in [4.78, 5) is 20.7. The maximum atomic E-state index is 11.9. The van der Waals surface area contributed by atoms with Crippen molar-refractivity contribution in [2.24, 2.45) is 5.92 Å². The van der Waals surface area contributed by atoms with E-state index in [2.05, 4.69) is 41.3 Å². The molecule has 1 aromatic carbocycles. The minimum Gasteiger partial charge on any atom is -0.324 e. The number of nitrogens with zero attached hydrogens (tertiary/aromatic N) is 2. The van der Waals surface area contributed by atoms with Gasteiger partial charge in [-0.2, -0.15) is 0 Å². The molecule has 21 heavy (non-hydrogen) atoms. The van der Waals surface area contributed by atoms with E-state index in [0.29, 0.717) is 23.9 Å². The van der Waals surface area contributed by atoms with Crippen LogP contribution in [0.15, 0.2) is 30.5 Å². The number of aromatic nitrogens is 2. The van der Waals surface area contributed by atoms with Crippen molar-refractivity contribution in [1.29, 1.82) is 0 Å². The molecule has 0 aliphatic heterocycles. The van der Waals surface area contributed by atoms with Gasteiger partial charge in [-0.1, -0.05) is 26.0 Å². The number of fused-ring (bicyclic) bond motifs is 1. The van der Waals surface area contributed by atoms with Gasteiger partial charge in [0.05, 0.1) is 11.3 Å². The number of aryl methyl sites for hydroxylation is 1. The van der Waals surface area contributed by atoms with Crippen LogP contribution in [0.2, 0.25) is 0 Å². The van der Waals surface area contributed by atoms with Crippen molar-refractivity contribution < 1.29 is 4.79 Å². The first-order chi connectivity index (χ1) is 10.2. The highest BCUT2D eigenvalue weighted by atomic mass is 16.1. The van der Waals surface area contributed by atoms with Crippen LogP contribution in [0.25, 0.3) is 0 Å². The van der Waals surface area contributed by atoms with Crippen LogP contribution in [-0.2, 0) is 12.8 Å². The summed E-state index contributed by atoms with van der Waals surface area (Å²) in [6, 6.07) is 8.23. The fourth-order valence-electron chi connectivity index (χ4n) is 2.65. The molecule has 1 aliphatic rings. The summed E-state index contributed by atoms with van der Waals surface area (Å²) < 4.78 is 0. The third kappa shape index (κ3) is 2.94. The number of Topliss-reactive ketones (excluding diaryl/α,β-unsaturated/α-hetero) is 1. The first kappa shape index (κ1) is 13.7. The minimum atomic E-state index is 0.155. The Bertz CT molecular complexity index is 664. The molecule has 3 rings (SSSR count). The Hall–Kier alpha value is -2.23. The van der Waals surface area contributed by atoms with E-state index in [1.54, 1.807) is 6.20 Å². The van der Waals surface area contributed by atoms with Gasteiger partial charge in [-0.3, -0.25) is 4.79 Å². The molecule has 0 fully saturated rings. The van der Waals surface area contributed by atoms with Gasteiger partial charge in [0.1, 0.15) is 0 Å². The van der Waals surface area contributed by atoms with Crippen LogP contribution in [0.4, 0.5) is 11.6 Å². The standard InChI is InChI=1S/C17H19N3O/c1-3-12-4-6-13(7-5-12)19-17-18-10-14-15(20-17)8-11(2)9-16(14)21/h4-7,10-11H,3,8-9H2,1-2H3,(H,18,19,20)/t11-/m1/s1. The monoisotopic (exact) mass is 281 g/mol. The van der Waals surface area contributed by atoms with E-state index < -0.39 is 0 Å². The predicted octanol–water partition coefficient (Wildman–Crippen LogP) is 3.55. The van der Waals surface area contributed by atoms with Gasteiger partial charge in [0.15, 0.2) is 5.78 Å². The summed E-state index contributed by atoms with van der Waals surface area (Å²) in [7, 11) is 0. The Balaban J connectivity index is 1.83. The van der Waals surface area contributed by atoms with Crippen LogP contribution in [0, 0.1) is 5.92 Å². The predicted molar refractivity (Wildman–Crippen MR) is 83.0 cm³/mol. The molecule has 0 amide bonds. The fourth-order valence-corrected chi connectivity index (χ4v) is 2.65. The number of nitrogens with one attached hydrogen (secondary N) is 1. The van der Waals surface area contributed by atoms with Crippen molar-refractivity contribution in [3.63, 3.8) is 0 Å². The zero-order chi connectivity index (χ0) is 14.8. The van der Waals surface area contributed by atoms with E-state index in [1.807, 2.05) is 12.1 Å². The first-order valence-electron chi connectivity index (χ1n) is 7.40. The zero-order valence-electron chi connectivity index (χ0n) is 12.4. The van der Waals surface area contributed by atoms with Gasteiger partial charge in [0.25, 0.3) is 0 Å². The Kier molecular flexibility index (Phi) is 3.69. The lowest BCUT2D eigenvalue weighted by atomic mass is 9.88. The highest BCUT2D eigenvalue weighted by Crippen LogP contribution is 2.24. The molecule has 4 heteroatoms. The summed E-state index contributed by atoms with van der Waals surface area (Å²) in [5.41, 5.74) is 3.80. The molecular weight excluding hydrogens is 262 g/mol. The fraction of sp³-hybridized carbons (Fsp3) is 0.353. The lowest BCUT2D eigenvalue weighted by Crippen LogP contribution is -2.20. The highest BCUT2D eigenvalue weighted by Gasteiger charge is 2.24. The van der Waals surface area contributed by atoms with Crippen molar-refractivity contribution in [2.45, 2.75) is 33.1 Å². The van der Waals surface area contributed by atoms with Crippen LogP contribution in [0.1, 0.15) is 41.9 Å². The number of hydrogen-bond donors (Lipinski definition) is 1. The smallest absolute Gasteiger partial charge is 0.227 e. The number of ketones is 1. The number of benzene rings is 1. The maximum absolute atomic E-state index is 11.9. The Morgan fingerprint density at radius 2 is 2.00 bits per heavy atom. The Labute approximate surface area is 124 Å². The second-order valence-corrected chi connectivity index (χ2v) is 5.67. The van der Waals surface area contributed by atoms with Gasteiger partial charge in [0.2, 0.25) is 5.95 Å². The van der Waals surface area contributed by atoms with E-state index >= 15 is 0 Å². The maximum Gasteiger partial charge on any atom is 0.227 e. The second kappa shape index (κ2) is 5.64. The third-order valence-electron chi connectivity index (χ3n) is 3.86. The summed E-state index contributed by atoms with van der Waals surface area (Å²) in [6.45, 7) is 4.22. The zero-order valence-corrected chi connectivity index (χ0v) is 12.4. The van der Waals surface area contributed by atoms with Gasteiger partial charge < -0.3 is 5.32 Å². The molecule has 0 spiro atoms. The van der Waals surface area contributed by atoms with E-state index in [1.165, 1.54) is 5.56 Å². The summed E-state index contributed by atoms with van der Waals surface area (Å²) in [6.07, 6.45) is 4.11. The van der Waals surface area contributed by atoms with Gasteiger partial charge >= 0.3 is 0 Å². The second-order valence-electron chi connectivity index (χ2n) is 5.67. The molecule has 0 radical (unpaired) electrons. The average Bonchev–Trinajstić information content (AvgIpc) is 2.47. The van der Waals surface area contributed by atoms with Crippen molar-refractivity contribution in [1.82, 2.24) is 9.97 Å². The van der Waals surface area contributed by atoms with E-state index in [-0.39, 0.29) is 5.78 Å². The van der Waals surface area contributed by atoms with Crippen molar-refractivity contribution in [3.05, 3.63) is 47.3 Å². The summed E-state index contributed by atoms with van der Waals surface area (Å²) in [5.74, 6) is 1.07. The summed E-state index contributed by atoms with van der Waals surface area (Å²) >= 11 is 0. The molecule has 0 unspecified atom stereocenters. The average molecular weight is 281 g/mol. The SMILES string of the molecule is CCc1ccc(Nc2ncc3c(n2)C[C@@H](C)CC3=O)cc1. The van der Waals surface area contributed by atoms with Crippen LogP contribution in [0.5, 0.6) is 0 Å². The van der Waals surface area contributed by atoms with Crippen LogP contribution in [-0.4, -0.2) is 15.8 Å². The van der Waals surface area contributed by atoms with E-state index in [4.69, 9.17) is 0 Å². The molecule has 1 N–H and O–H groups in total. The molecular formula is C17H19N3O. The number of carbonyl (C=O) groups is 1. The van der Waals surface area contributed by atoms with Gasteiger partial charge in [-0.05, 0) is 36.5 Å². The number of hydrogen-bond acceptors (Lipinski definition) is 4. The molecule has 108 valence electrons. The lowest BCUT2D eigenvalue weighted by molar-refractivity contribution is 0.0951. The molecule has 1 heterocycles. The largest absolute Gasteiger partial charge is 0.324 e. The Morgan fingerprint density at radius 1 is 1.24 bits per heavy atom. The molecule has 0 bridgehead atoms. The first-order valence-corrected chi connectivity index (χ1v) is 7.40. The van der Waals surface area contributed by atoms with Gasteiger partial charge in [-0.15, -0.1) is 0 Å². The number of carbonyl (C=O) groups excluding carboxylic acids is 1. The lowest BCUT2D eigenvalue weighted by Gasteiger charge is -2.19. The molecule has 1 aliphatic carbocycles.